The van der Waals surface area contributed by atoms with Gasteiger partial charge in [0.2, 0.25) is 0 Å². The summed E-state index contributed by atoms with van der Waals surface area (Å²) in [6.07, 6.45) is 5.32. The maximum Gasteiger partial charge on any atom is 0.253 e. The second-order valence-electron chi connectivity index (χ2n) is 8.42. The van der Waals surface area contributed by atoms with Crippen LogP contribution in [0, 0.1) is 20.8 Å². The molecule has 1 aliphatic rings. The van der Waals surface area contributed by atoms with Gasteiger partial charge in [0.1, 0.15) is 0 Å². The van der Waals surface area contributed by atoms with Crippen LogP contribution in [-0.4, -0.2) is 30.5 Å². The second kappa shape index (κ2) is 10.4. The molecule has 0 aliphatic heterocycles. The highest BCUT2D eigenvalue weighted by molar-refractivity contribution is 6.31. The minimum atomic E-state index is -0.241. The standard InChI is InChI=1S/C25H33ClN4O2/c1-6-30(20-9-7-19(27-5)8-10-20)23-13-18(26)12-21(17(23)4)24(31)28-14-22-15(2)11-16(3)29-25(22)32/h9,11-13,19,27H,6-8,10,14H2,1-5H3,(H,28,31)(H,29,32)/t19-/m1/s1. The van der Waals surface area contributed by atoms with Crippen LogP contribution in [0.4, 0.5) is 5.69 Å². The summed E-state index contributed by atoms with van der Waals surface area (Å²) in [5.74, 6) is -0.241. The lowest BCUT2D eigenvalue weighted by atomic mass is 9.97. The van der Waals surface area contributed by atoms with Crippen LogP contribution in [0.15, 0.2) is 34.8 Å². The van der Waals surface area contributed by atoms with Gasteiger partial charge in [-0.1, -0.05) is 17.7 Å². The Bertz CT molecular complexity index is 1090. The molecule has 1 aliphatic carbocycles. The van der Waals surface area contributed by atoms with Crippen LogP contribution in [0.3, 0.4) is 0 Å². The van der Waals surface area contributed by atoms with Crippen LogP contribution >= 0.6 is 11.6 Å². The van der Waals surface area contributed by atoms with E-state index in [1.807, 2.05) is 40.0 Å². The average Bonchev–Trinajstić information content (AvgIpc) is 2.75. The lowest BCUT2D eigenvalue weighted by molar-refractivity contribution is 0.0950. The van der Waals surface area contributed by atoms with Gasteiger partial charge in [-0.05, 0) is 83.3 Å². The number of anilines is 1. The van der Waals surface area contributed by atoms with Crippen molar-refractivity contribution in [1.29, 1.82) is 0 Å². The minimum absolute atomic E-state index is 0.162. The molecule has 172 valence electrons. The van der Waals surface area contributed by atoms with Crippen molar-refractivity contribution in [2.75, 3.05) is 18.5 Å². The quantitative estimate of drug-likeness (QED) is 0.578. The van der Waals surface area contributed by atoms with Crippen molar-refractivity contribution in [3.8, 4) is 0 Å². The van der Waals surface area contributed by atoms with Crippen molar-refractivity contribution in [1.82, 2.24) is 15.6 Å². The smallest absolute Gasteiger partial charge is 0.253 e. The number of rotatable bonds is 7. The van der Waals surface area contributed by atoms with Crippen molar-refractivity contribution in [2.24, 2.45) is 0 Å². The predicted molar refractivity (Wildman–Crippen MR) is 132 cm³/mol. The number of carbonyl (C=O) groups excluding carboxylic acids is 1. The highest BCUT2D eigenvalue weighted by Gasteiger charge is 2.22. The first-order valence-corrected chi connectivity index (χ1v) is 11.5. The Morgan fingerprint density at radius 1 is 1.25 bits per heavy atom. The fourth-order valence-corrected chi connectivity index (χ4v) is 4.61. The van der Waals surface area contributed by atoms with Gasteiger partial charge >= 0.3 is 0 Å². The van der Waals surface area contributed by atoms with Crippen molar-refractivity contribution in [3.63, 3.8) is 0 Å². The molecule has 1 amide bonds. The molecule has 1 atom stereocenters. The summed E-state index contributed by atoms with van der Waals surface area (Å²) in [6.45, 7) is 8.73. The van der Waals surface area contributed by atoms with Crippen LogP contribution in [0.2, 0.25) is 5.02 Å². The van der Waals surface area contributed by atoms with Gasteiger partial charge in [-0.2, -0.15) is 0 Å². The second-order valence-corrected chi connectivity index (χ2v) is 8.86. The number of nitrogens with zero attached hydrogens (tertiary/aromatic N) is 1. The number of aryl methyl sites for hydroxylation is 2. The molecular formula is C25H33ClN4O2. The van der Waals surface area contributed by atoms with Crippen LogP contribution < -0.4 is 21.1 Å². The number of amides is 1. The first-order valence-electron chi connectivity index (χ1n) is 11.2. The zero-order valence-electron chi connectivity index (χ0n) is 19.6. The Labute approximate surface area is 195 Å². The number of benzene rings is 1. The Kier molecular flexibility index (Phi) is 7.80. The van der Waals surface area contributed by atoms with E-state index in [1.54, 1.807) is 6.07 Å². The fourth-order valence-electron chi connectivity index (χ4n) is 4.40. The summed E-state index contributed by atoms with van der Waals surface area (Å²) in [7, 11) is 2.00. The summed E-state index contributed by atoms with van der Waals surface area (Å²) in [4.78, 5) is 30.4. The third kappa shape index (κ3) is 5.25. The summed E-state index contributed by atoms with van der Waals surface area (Å²) in [6, 6.07) is 6.04. The summed E-state index contributed by atoms with van der Waals surface area (Å²) in [5, 5.41) is 6.76. The van der Waals surface area contributed by atoms with Gasteiger partial charge in [0, 0.05) is 52.4 Å². The Morgan fingerprint density at radius 3 is 2.59 bits per heavy atom. The molecule has 1 aromatic carbocycles. The molecule has 0 saturated carbocycles. The average molecular weight is 457 g/mol. The SMILES string of the molecule is CCN(C1=CC[C@@H](NC)CC1)c1cc(Cl)cc(C(=O)NCc2c(C)cc(C)[nH]c2=O)c1C. The zero-order valence-corrected chi connectivity index (χ0v) is 20.3. The zero-order chi connectivity index (χ0) is 23.4. The van der Waals surface area contributed by atoms with Crippen molar-refractivity contribution < 1.29 is 4.79 Å². The molecule has 0 spiro atoms. The lowest BCUT2D eigenvalue weighted by Gasteiger charge is -2.32. The van der Waals surface area contributed by atoms with Crippen LogP contribution in [-0.2, 0) is 6.54 Å². The van der Waals surface area contributed by atoms with E-state index in [2.05, 4.69) is 33.5 Å². The molecule has 0 radical (unpaired) electrons. The van der Waals surface area contributed by atoms with E-state index < -0.39 is 0 Å². The van der Waals surface area contributed by atoms with Gasteiger partial charge in [-0.3, -0.25) is 9.59 Å². The Hall–Kier alpha value is -2.57. The summed E-state index contributed by atoms with van der Waals surface area (Å²) < 4.78 is 0. The molecule has 0 unspecified atom stereocenters. The number of nitrogens with one attached hydrogen (secondary N) is 3. The van der Waals surface area contributed by atoms with Gasteiger partial charge in [-0.15, -0.1) is 0 Å². The number of aromatic nitrogens is 1. The largest absolute Gasteiger partial charge is 0.348 e. The number of pyridine rings is 1. The van der Waals surface area contributed by atoms with Crippen LogP contribution in [0.5, 0.6) is 0 Å². The number of aromatic amines is 1. The van der Waals surface area contributed by atoms with E-state index in [9.17, 15) is 9.59 Å². The van der Waals surface area contributed by atoms with Gasteiger partial charge in [0.15, 0.2) is 0 Å². The lowest BCUT2D eigenvalue weighted by Crippen LogP contribution is -2.32. The van der Waals surface area contributed by atoms with Gasteiger partial charge in [0.25, 0.3) is 11.5 Å². The fraction of sp³-hybridized carbons (Fsp3) is 0.440. The minimum Gasteiger partial charge on any atom is -0.348 e. The number of carbonyl (C=O) groups is 1. The maximum absolute atomic E-state index is 13.1. The first-order chi connectivity index (χ1) is 15.2. The third-order valence-electron chi connectivity index (χ3n) is 6.26. The van der Waals surface area contributed by atoms with E-state index in [-0.39, 0.29) is 18.0 Å². The maximum atomic E-state index is 13.1. The number of H-pyrrole nitrogens is 1. The molecule has 2 aromatic rings. The number of hydrogen-bond acceptors (Lipinski definition) is 4. The summed E-state index contributed by atoms with van der Waals surface area (Å²) >= 11 is 6.45. The van der Waals surface area contributed by atoms with Crippen molar-refractivity contribution in [2.45, 2.75) is 59.5 Å². The van der Waals surface area contributed by atoms with E-state index in [4.69, 9.17) is 11.6 Å². The van der Waals surface area contributed by atoms with Crippen molar-refractivity contribution >= 4 is 23.2 Å². The van der Waals surface area contributed by atoms with Crippen molar-refractivity contribution in [3.05, 3.63) is 73.3 Å². The molecule has 6 nitrogen and oxygen atoms in total. The molecular weight excluding hydrogens is 424 g/mol. The Morgan fingerprint density at radius 2 is 2.00 bits per heavy atom. The molecule has 32 heavy (non-hydrogen) atoms. The molecule has 0 bridgehead atoms. The normalized spacial score (nSPS) is 15.9. The van der Waals surface area contributed by atoms with Crippen LogP contribution in [0.1, 0.15) is 58.9 Å². The number of allylic oxidation sites excluding steroid dienone is 1. The van der Waals surface area contributed by atoms with E-state index in [0.29, 0.717) is 22.2 Å². The molecule has 0 saturated heterocycles. The number of halogens is 1. The van der Waals surface area contributed by atoms with Crippen LogP contribution in [0.25, 0.3) is 0 Å². The van der Waals surface area contributed by atoms with E-state index >= 15 is 0 Å². The molecule has 0 fully saturated rings. The Balaban J connectivity index is 1.86. The highest BCUT2D eigenvalue weighted by atomic mass is 35.5. The number of hydrogen-bond donors (Lipinski definition) is 3. The first kappa shape index (κ1) is 24.1. The monoisotopic (exact) mass is 456 g/mol. The van der Waals surface area contributed by atoms with Gasteiger partial charge in [0.05, 0.1) is 0 Å². The molecule has 3 N–H and O–H groups in total. The third-order valence-corrected chi connectivity index (χ3v) is 6.48. The topological polar surface area (TPSA) is 77.2 Å². The molecule has 7 heteroatoms. The molecule has 1 aromatic heterocycles. The highest BCUT2D eigenvalue weighted by Crippen LogP contribution is 2.33. The van der Waals surface area contributed by atoms with E-state index in [1.165, 1.54) is 5.70 Å². The molecule has 3 rings (SSSR count). The predicted octanol–water partition coefficient (Wildman–Crippen LogP) is 4.37. The molecule has 1 heterocycles. The van der Waals surface area contributed by atoms with Gasteiger partial charge in [-0.25, -0.2) is 0 Å². The van der Waals surface area contributed by atoms with E-state index in [0.717, 1.165) is 48.3 Å². The van der Waals surface area contributed by atoms with Gasteiger partial charge < -0.3 is 20.5 Å². The summed E-state index contributed by atoms with van der Waals surface area (Å²) in [5.41, 5.74) is 5.66.